The summed E-state index contributed by atoms with van der Waals surface area (Å²) in [6.45, 7) is 24.3. The molecule has 15 heteroatoms. The molecule has 6 unspecified atom stereocenters. The number of phosphoric ester groups is 1. The molecule has 0 bridgehead atoms. The first kappa shape index (κ1) is 49.4. The van der Waals surface area contributed by atoms with Gasteiger partial charge in [-0.05, 0) is 145 Å². The van der Waals surface area contributed by atoms with E-state index in [0.717, 1.165) is 24.0 Å². The molecule has 6 atom stereocenters. The van der Waals surface area contributed by atoms with Gasteiger partial charge in [0.15, 0.2) is 0 Å². The number of fused-ring (bicyclic) bond motifs is 2. The summed E-state index contributed by atoms with van der Waals surface area (Å²) in [6.07, 6.45) is 3.44. The Morgan fingerprint density at radius 2 is 1.16 bits per heavy atom. The van der Waals surface area contributed by atoms with E-state index in [1.54, 1.807) is 45.9 Å². The third-order valence-electron chi connectivity index (χ3n) is 13.8. The van der Waals surface area contributed by atoms with E-state index in [1.165, 1.54) is 0 Å². The van der Waals surface area contributed by atoms with Gasteiger partial charge < -0.3 is 33.6 Å². The zero-order valence-electron chi connectivity index (χ0n) is 39.9. The molecule has 350 valence electrons. The summed E-state index contributed by atoms with van der Waals surface area (Å²) in [7, 11) is -4.64. The van der Waals surface area contributed by atoms with Crippen molar-refractivity contribution in [2.24, 2.45) is 11.8 Å². The van der Waals surface area contributed by atoms with E-state index in [1.807, 2.05) is 83.4 Å². The maximum Gasteiger partial charge on any atom is 0.473 e. The smallest absolute Gasteiger partial charge is 0.473 e. The first-order valence-corrected chi connectivity index (χ1v) is 24.3. The number of likely N-dealkylation sites (tertiary alicyclic amines) is 2. The normalized spacial score (nSPS) is 25.0. The second kappa shape index (κ2) is 18.0. The standard InChI is InChI=1S/C49H69N4O10P/c1-13-49(12,43-41(53-25-15-17-39(53)55)35-29-33(31-51)19-21-37(35)61-48(43,10)11)59-27-23-45(4,5)63-64(56,57)62-44(2,3)22-26-58-46(6,7)42-40(52-24-14-16-38(52)54)34-28-32(30-50)18-20-36(34)60-47(42,8)9/h18-21,28-29,40-43H,13-17,22-27H2,1-12H3,(H,56,57). The summed E-state index contributed by atoms with van der Waals surface area (Å²) in [5.41, 5.74) is -3.01. The van der Waals surface area contributed by atoms with Crippen LogP contribution in [0.15, 0.2) is 36.4 Å². The van der Waals surface area contributed by atoms with Crippen molar-refractivity contribution in [1.82, 2.24) is 9.80 Å². The Morgan fingerprint density at radius 1 is 0.734 bits per heavy atom. The molecule has 6 rings (SSSR count). The van der Waals surface area contributed by atoms with Crippen molar-refractivity contribution in [2.45, 2.75) is 174 Å². The Morgan fingerprint density at radius 3 is 1.56 bits per heavy atom. The van der Waals surface area contributed by atoms with Crippen molar-refractivity contribution in [3.63, 3.8) is 0 Å². The van der Waals surface area contributed by atoms with Crippen LogP contribution in [0.2, 0.25) is 0 Å². The van der Waals surface area contributed by atoms with Gasteiger partial charge in [0.2, 0.25) is 11.8 Å². The van der Waals surface area contributed by atoms with E-state index in [4.69, 9.17) is 28.0 Å². The number of amides is 2. The van der Waals surface area contributed by atoms with Crippen LogP contribution in [0.25, 0.3) is 0 Å². The van der Waals surface area contributed by atoms with Gasteiger partial charge in [0.05, 0.1) is 82.8 Å². The quantitative estimate of drug-likeness (QED) is 0.149. The van der Waals surface area contributed by atoms with Crippen molar-refractivity contribution in [1.29, 1.82) is 10.5 Å². The summed E-state index contributed by atoms with van der Waals surface area (Å²) < 4.78 is 52.1. The molecule has 64 heavy (non-hydrogen) atoms. The lowest BCUT2D eigenvalue weighted by Crippen LogP contribution is -2.59. The van der Waals surface area contributed by atoms with Crippen LogP contribution in [0.1, 0.15) is 162 Å². The van der Waals surface area contributed by atoms with Gasteiger partial charge in [-0.25, -0.2) is 4.57 Å². The first-order chi connectivity index (χ1) is 29.7. The van der Waals surface area contributed by atoms with Gasteiger partial charge in [0, 0.05) is 37.1 Å². The highest BCUT2D eigenvalue weighted by Gasteiger charge is 2.57. The zero-order valence-corrected chi connectivity index (χ0v) is 40.8. The van der Waals surface area contributed by atoms with Crippen LogP contribution < -0.4 is 9.47 Å². The number of nitrogens with zero attached hydrogens (tertiary/aromatic N) is 4. The Labute approximate surface area is 380 Å². The molecule has 2 aromatic rings. The third kappa shape index (κ3) is 10.3. The molecule has 0 radical (unpaired) electrons. The molecule has 0 saturated carbocycles. The second-order valence-electron chi connectivity index (χ2n) is 21.0. The Bertz CT molecular complexity index is 2230. The number of hydrogen-bond acceptors (Lipinski definition) is 11. The van der Waals surface area contributed by atoms with Crippen LogP contribution in [0.3, 0.4) is 0 Å². The van der Waals surface area contributed by atoms with Crippen molar-refractivity contribution in [3.05, 3.63) is 58.7 Å². The predicted molar refractivity (Wildman–Crippen MR) is 240 cm³/mol. The molecule has 14 nitrogen and oxygen atoms in total. The fourth-order valence-corrected chi connectivity index (χ4v) is 12.4. The highest BCUT2D eigenvalue weighted by molar-refractivity contribution is 7.47. The number of nitriles is 2. The third-order valence-corrected chi connectivity index (χ3v) is 15.3. The maximum absolute atomic E-state index is 13.7. The Balaban J connectivity index is 1.11. The van der Waals surface area contributed by atoms with Crippen molar-refractivity contribution >= 4 is 19.6 Å². The van der Waals surface area contributed by atoms with Crippen LogP contribution in [0, 0.1) is 34.5 Å². The molecular weight excluding hydrogens is 836 g/mol. The van der Waals surface area contributed by atoms with Crippen LogP contribution in [0.4, 0.5) is 0 Å². The molecule has 4 aliphatic rings. The fourth-order valence-electron chi connectivity index (χ4n) is 10.9. The zero-order chi connectivity index (χ0) is 47.3. The molecule has 2 fully saturated rings. The number of phosphoric acid groups is 1. The number of ether oxygens (including phenoxy) is 4. The van der Waals surface area contributed by atoms with Crippen molar-refractivity contribution in [2.75, 3.05) is 26.3 Å². The van der Waals surface area contributed by atoms with E-state index >= 15 is 0 Å². The van der Waals surface area contributed by atoms with Gasteiger partial charge in [-0.3, -0.25) is 18.6 Å². The lowest BCUT2D eigenvalue weighted by Gasteiger charge is -2.54. The van der Waals surface area contributed by atoms with Gasteiger partial charge in [0.1, 0.15) is 22.7 Å². The summed E-state index contributed by atoms with van der Waals surface area (Å²) in [6, 6.07) is 14.3. The SMILES string of the molecule is CCC(C)(OCCC(C)(C)OP(=O)(O)OC(C)(C)CCOC(C)(C)C1C(N2CCCC2=O)c2cc(C#N)ccc2OC1(C)C)C1C(N2CCCC2=O)c2cc(C#N)ccc2OC1(C)C. The highest BCUT2D eigenvalue weighted by atomic mass is 31.2. The maximum atomic E-state index is 13.7. The topological polar surface area (TPSA) is 181 Å². The molecule has 2 aromatic carbocycles. The number of carbonyl (C=O) groups excluding carboxylic acids is 2. The summed E-state index contributed by atoms with van der Waals surface area (Å²) >= 11 is 0. The minimum Gasteiger partial charge on any atom is -0.487 e. The Hall–Kier alpha value is -4.01. The molecule has 1 N–H and O–H groups in total. The van der Waals surface area contributed by atoms with E-state index in [-0.39, 0.29) is 49.7 Å². The average Bonchev–Trinajstić information content (AvgIpc) is 3.81. The molecule has 0 aromatic heterocycles. The molecule has 0 spiro atoms. The number of rotatable bonds is 17. The predicted octanol–water partition coefficient (Wildman–Crippen LogP) is 9.48. The Kier molecular flexibility index (Phi) is 13.9. The van der Waals surface area contributed by atoms with E-state index in [9.17, 15) is 29.6 Å². The van der Waals surface area contributed by atoms with Crippen molar-refractivity contribution in [3.8, 4) is 23.6 Å². The average molecular weight is 905 g/mol. The number of hydrogen-bond donors (Lipinski definition) is 1. The highest BCUT2D eigenvalue weighted by Crippen LogP contribution is 2.56. The lowest BCUT2D eigenvalue weighted by molar-refractivity contribution is -0.173. The molecule has 4 aliphatic heterocycles. The molecule has 2 saturated heterocycles. The molecule has 2 amide bonds. The van der Waals surface area contributed by atoms with Gasteiger partial charge in [-0.1, -0.05) is 6.92 Å². The summed E-state index contributed by atoms with van der Waals surface area (Å²) in [5, 5.41) is 19.5. The monoisotopic (exact) mass is 904 g/mol. The minimum absolute atomic E-state index is 0.0487. The van der Waals surface area contributed by atoms with E-state index in [2.05, 4.69) is 12.1 Å². The van der Waals surface area contributed by atoms with Crippen LogP contribution in [-0.2, 0) is 32.7 Å². The van der Waals surface area contributed by atoms with Gasteiger partial charge in [-0.15, -0.1) is 0 Å². The van der Waals surface area contributed by atoms with Gasteiger partial charge >= 0.3 is 7.82 Å². The number of carbonyl (C=O) groups is 2. The fraction of sp³-hybridized carbons (Fsp3) is 0.673. The minimum atomic E-state index is -4.64. The van der Waals surface area contributed by atoms with Gasteiger partial charge in [-0.2, -0.15) is 10.5 Å². The second-order valence-corrected chi connectivity index (χ2v) is 22.3. The summed E-state index contributed by atoms with van der Waals surface area (Å²) in [4.78, 5) is 41.7. The molecule has 4 heterocycles. The van der Waals surface area contributed by atoms with E-state index < -0.39 is 53.5 Å². The van der Waals surface area contributed by atoms with Gasteiger partial charge in [0.25, 0.3) is 0 Å². The van der Waals surface area contributed by atoms with Crippen molar-refractivity contribution < 1.29 is 47.0 Å². The van der Waals surface area contributed by atoms with E-state index in [0.29, 0.717) is 55.0 Å². The van der Waals surface area contributed by atoms with Crippen LogP contribution in [-0.4, -0.2) is 86.4 Å². The first-order valence-electron chi connectivity index (χ1n) is 22.8. The molecule has 0 aliphatic carbocycles. The number of benzene rings is 2. The lowest BCUT2D eigenvalue weighted by atomic mass is 9.67. The largest absolute Gasteiger partial charge is 0.487 e. The van der Waals surface area contributed by atoms with Crippen LogP contribution >= 0.6 is 7.82 Å². The summed E-state index contributed by atoms with van der Waals surface area (Å²) in [5.74, 6) is 0.692. The van der Waals surface area contributed by atoms with Crippen LogP contribution in [0.5, 0.6) is 11.5 Å². The molecular formula is C49H69N4O10P.